The summed E-state index contributed by atoms with van der Waals surface area (Å²) < 4.78 is 24.3. The lowest BCUT2D eigenvalue weighted by Gasteiger charge is -2.10. The first kappa shape index (κ1) is 16.1. The van der Waals surface area contributed by atoms with E-state index in [1.165, 1.54) is 12.3 Å². The number of benzene rings is 1. The number of nitrogens with one attached hydrogen (secondary N) is 2. The number of anilines is 1. The van der Waals surface area contributed by atoms with Gasteiger partial charge in [0, 0.05) is 42.6 Å². The number of rotatable bonds is 7. The van der Waals surface area contributed by atoms with Gasteiger partial charge in [-0.05, 0) is 18.6 Å². The molecule has 0 fully saturated rings. The van der Waals surface area contributed by atoms with Crippen molar-refractivity contribution in [2.24, 2.45) is 0 Å². The Balaban J connectivity index is 2.09. The minimum atomic E-state index is -3.18. The number of nitro benzene ring substituents is 1. The van der Waals surface area contributed by atoms with Gasteiger partial charge >= 0.3 is 0 Å². The number of fused-ring (bicyclic) bond motifs is 1. The number of nitro groups is 1. The smallest absolute Gasteiger partial charge is 0.278 e. The van der Waals surface area contributed by atoms with Gasteiger partial charge in [0.1, 0.15) is 0 Å². The van der Waals surface area contributed by atoms with Gasteiger partial charge in [0.2, 0.25) is 10.0 Å². The molecular weight excluding hydrogens is 308 g/mol. The number of nitrogens with zero attached hydrogens (tertiary/aromatic N) is 2. The van der Waals surface area contributed by atoms with E-state index >= 15 is 0 Å². The summed E-state index contributed by atoms with van der Waals surface area (Å²) in [6, 6.07) is 4.78. The summed E-state index contributed by atoms with van der Waals surface area (Å²) >= 11 is 0. The van der Waals surface area contributed by atoms with Crippen LogP contribution in [0.1, 0.15) is 6.42 Å². The molecule has 1 aromatic heterocycles. The van der Waals surface area contributed by atoms with Gasteiger partial charge < -0.3 is 5.32 Å². The molecule has 8 nitrogen and oxygen atoms in total. The van der Waals surface area contributed by atoms with E-state index in [1.54, 1.807) is 18.3 Å². The topological polar surface area (TPSA) is 114 Å². The summed E-state index contributed by atoms with van der Waals surface area (Å²) in [6.45, 7) is 0.871. The summed E-state index contributed by atoms with van der Waals surface area (Å²) in [4.78, 5) is 14.5. The fraction of sp³-hybridized carbons (Fsp3) is 0.308. The molecule has 0 aliphatic heterocycles. The lowest BCUT2D eigenvalue weighted by Crippen LogP contribution is -2.24. The van der Waals surface area contributed by atoms with E-state index in [0.717, 1.165) is 11.9 Å². The Morgan fingerprint density at radius 2 is 2.00 bits per heavy atom. The molecule has 118 valence electrons. The number of non-ortho nitro benzene ring substituents is 1. The van der Waals surface area contributed by atoms with E-state index in [0.29, 0.717) is 30.3 Å². The molecule has 2 rings (SSSR count). The predicted molar refractivity (Wildman–Crippen MR) is 84.4 cm³/mol. The Morgan fingerprint density at radius 1 is 1.23 bits per heavy atom. The molecule has 0 bridgehead atoms. The molecule has 0 saturated carbocycles. The van der Waals surface area contributed by atoms with Crippen molar-refractivity contribution in [2.45, 2.75) is 6.42 Å². The van der Waals surface area contributed by atoms with Gasteiger partial charge in [0.25, 0.3) is 5.69 Å². The Kier molecular flexibility index (Phi) is 4.88. The van der Waals surface area contributed by atoms with Crippen LogP contribution in [0.2, 0.25) is 0 Å². The summed E-state index contributed by atoms with van der Waals surface area (Å²) in [5, 5.41) is 15.3. The fourth-order valence-electron chi connectivity index (χ4n) is 2.06. The fourth-order valence-corrected chi connectivity index (χ4v) is 2.57. The normalized spacial score (nSPS) is 11.5. The Morgan fingerprint density at radius 3 is 2.68 bits per heavy atom. The minimum Gasteiger partial charge on any atom is -0.384 e. The molecule has 2 N–H and O–H groups in total. The highest BCUT2D eigenvalue weighted by atomic mass is 32.2. The maximum atomic E-state index is 11.0. The van der Waals surface area contributed by atoms with Gasteiger partial charge in [-0.1, -0.05) is 0 Å². The predicted octanol–water partition coefficient (Wildman–Crippen LogP) is 1.49. The second-order valence-electron chi connectivity index (χ2n) is 4.76. The van der Waals surface area contributed by atoms with Crippen molar-refractivity contribution in [3.8, 4) is 0 Å². The highest BCUT2D eigenvalue weighted by Gasteiger charge is 2.13. The molecule has 1 aromatic carbocycles. The van der Waals surface area contributed by atoms with Crippen LogP contribution in [0.25, 0.3) is 10.8 Å². The molecule has 2 aromatic rings. The molecular formula is C13H16N4O4S. The van der Waals surface area contributed by atoms with E-state index in [4.69, 9.17) is 0 Å². The van der Waals surface area contributed by atoms with E-state index in [2.05, 4.69) is 15.0 Å². The van der Waals surface area contributed by atoms with Crippen LogP contribution in [-0.2, 0) is 10.0 Å². The maximum absolute atomic E-state index is 11.0. The van der Waals surface area contributed by atoms with Gasteiger partial charge in [-0.2, -0.15) is 0 Å². The first-order chi connectivity index (χ1) is 10.4. The van der Waals surface area contributed by atoms with Crippen molar-refractivity contribution in [3.63, 3.8) is 0 Å². The first-order valence-electron chi connectivity index (χ1n) is 6.58. The Bertz CT molecular complexity index is 792. The molecule has 9 heteroatoms. The third kappa shape index (κ3) is 4.12. The first-order valence-corrected chi connectivity index (χ1v) is 8.47. The summed E-state index contributed by atoms with van der Waals surface area (Å²) in [5.74, 6) is 0. The standard InChI is InChI=1S/C13H16N4O4S/c1-22(20,21)16-7-2-6-15-12-3-4-13(17(18)19)11-9-14-8-5-10(11)12/h3-5,8-9,15-16H,2,6-7H2,1H3. The van der Waals surface area contributed by atoms with Crippen molar-refractivity contribution in [1.82, 2.24) is 9.71 Å². The zero-order valence-corrected chi connectivity index (χ0v) is 12.8. The molecule has 0 radical (unpaired) electrons. The molecule has 0 spiro atoms. The van der Waals surface area contributed by atoms with Crippen LogP contribution in [0.4, 0.5) is 11.4 Å². The molecule has 22 heavy (non-hydrogen) atoms. The summed E-state index contributed by atoms with van der Waals surface area (Å²) in [5.41, 5.74) is 0.759. The van der Waals surface area contributed by atoms with Crippen LogP contribution < -0.4 is 10.0 Å². The third-order valence-corrected chi connectivity index (χ3v) is 3.75. The molecule has 0 atom stereocenters. The van der Waals surface area contributed by atoms with E-state index in [-0.39, 0.29) is 5.69 Å². The minimum absolute atomic E-state index is 0.00685. The lowest BCUT2D eigenvalue weighted by atomic mass is 10.1. The lowest BCUT2D eigenvalue weighted by molar-refractivity contribution is -0.383. The van der Waals surface area contributed by atoms with Gasteiger partial charge in [-0.3, -0.25) is 15.1 Å². The molecule has 1 heterocycles. The summed E-state index contributed by atoms with van der Waals surface area (Å²) in [7, 11) is -3.18. The molecule has 0 amide bonds. The second kappa shape index (κ2) is 6.67. The van der Waals surface area contributed by atoms with Crippen LogP contribution in [-0.4, -0.2) is 37.7 Å². The van der Waals surface area contributed by atoms with Gasteiger partial charge in [-0.15, -0.1) is 0 Å². The van der Waals surface area contributed by atoms with Crippen molar-refractivity contribution < 1.29 is 13.3 Å². The SMILES string of the molecule is CS(=O)(=O)NCCCNc1ccc([N+](=O)[O-])c2cnccc12. The number of aromatic nitrogens is 1. The van der Waals surface area contributed by atoms with E-state index in [9.17, 15) is 18.5 Å². The number of hydrogen-bond donors (Lipinski definition) is 2. The quantitative estimate of drug-likeness (QED) is 0.453. The van der Waals surface area contributed by atoms with Gasteiger partial charge in [-0.25, -0.2) is 13.1 Å². The van der Waals surface area contributed by atoms with Crippen LogP contribution in [0.15, 0.2) is 30.6 Å². The molecule has 0 aliphatic carbocycles. The monoisotopic (exact) mass is 324 g/mol. The Hall–Kier alpha value is -2.26. The van der Waals surface area contributed by atoms with Crippen LogP contribution in [0.5, 0.6) is 0 Å². The van der Waals surface area contributed by atoms with Crippen LogP contribution in [0.3, 0.4) is 0 Å². The molecule has 0 aliphatic rings. The summed E-state index contributed by atoms with van der Waals surface area (Å²) in [6.07, 6.45) is 4.74. The Labute approximate surface area is 127 Å². The van der Waals surface area contributed by atoms with Gasteiger partial charge in [0.05, 0.1) is 16.6 Å². The van der Waals surface area contributed by atoms with E-state index in [1.807, 2.05) is 0 Å². The zero-order valence-electron chi connectivity index (χ0n) is 11.9. The molecule has 0 unspecified atom stereocenters. The van der Waals surface area contributed by atoms with Gasteiger partial charge in [0.15, 0.2) is 0 Å². The van der Waals surface area contributed by atoms with Crippen molar-refractivity contribution >= 4 is 32.2 Å². The number of hydrogen-bond acceptors (Lipinski definition) is 6. The number of sulfonamides is 1. The van der Waals surface area contributed by atoms with Crippen LogP contribution >= 0.6 is 0 Å². The second-order valence-corrected chi connectivity index (χ2v) is 6.59. The van der Waals surface area contributed by atoms with Crippen molar-refractivity contribution in [2.75, 3.05) is 24.7 Å². The van der Waals surface area contributed by atoms with E-state index < -0.39 is 14.9 Å². The zero-order chi connectivity index (χ0) is 16.2. The highest BCUT2D eigenvalue weighted by molar-refractivity contribution is 7.88. The molecule has 0 saturated heterocycles. The van der Waals surface area contributed by atoms with Crippen LogP contribution in [0, 0.1) is 10.1 Å². The number of pyridine rings is 1. The van der Waals surface area contributed by atoms with Crippen molar-refractivity contribution in [3.05, 3.63) is 40.7 Å². The van der Waals surface area contributed by atoms with Crippen molar-refractivity contribution in [1.29, 1.82) is 0 Å². The average Bonchev–Trinajstić information content (AvgIpc) is 2.45. The largest absolute Gasteiger partial charge is 0.384 e. The third-order valence-electron chi connectivity index (χ3n) is 3.03. The maximum Gasteiger partial charge on any atom is 0.278 e. The average molecular weight is 324 g/mol. The highest BCUT2D eigenvalue weighted by Crippen LogP contribution is 2.30.